The topological polar surface area (TPSA) is 59.9 Å². The first-order chi connectivity index (χ1) is 13.5. The highest BCUT2D eigenvalue weighted by atomic mass is 127. The molecule has 2 fully saturated rings. The molecule has 1 aliphatic carbocycles. The molecule has 3 N–H and O–H groups in total. The highest BCUT2D eigenvalue weighted by Crippen LogP contribution is 2.41. The third-order valence-corrected chi connectivity index (χ3v) is 7.35. The number of nitrogens with zero attached hydrogens (tertiary/aromatic N) is 2. The van der Waals surface area contributed by atoms with Gasteiger partial charge in [-0.1, -0.05) is 37.3 Å². The molecule has 4 atom stereocenters. The first-order valence-electron chi connectivity index (χ1n) is 10.7. The molecule has 4 unspecified atom stereocenters. The average molecular weight is 533 g/mol. The summed E-state index contributed by atoms with van der Waals surface area (Å²) < 4.78 is 0. The van der Waals surface area contributed by atoms with Gasteiger partial charge in [0.15, 0.2) is 5.96 Å². The molecule has 1 aromatic rings. The van der Waals surface area contributed by atoms with E-state index in [4.69, 9.17) is 4.99 Å². The van der Waals surface area contributed by atoms with E-state index < -0.39 is 5.60 Å². The molecule has 0 radical (unpaired) electrons. The molecule has 1 aliphatic heterocycles. The quantitative estimate of drug-likeness (QED) is 0.272. The summed E-state index contributed by atoms with van der Waals surface area (Å²) >= 11 is 1.86. The van der Waals surface area contributed by atoms with Gasteiger partial charge in [0.05, 0.1) is 12.1 Å². The van der Waals surface area contributed by atoms with Crippen molar-refractivity contribution in [2.24, 2.45) is 4.99 Å². The van der Waals surface area contributed by atoms with Gasteiger partial charge in [-0.05, 0) is 44.4 Å². The van der Waals surface area contributed by atoms with Crippen molar-refractivity contribution in [2.75, 3.05) is 25.4 Å². The van der Waals surface area contributed by atoms with Gasteiger partial charge in [0, 0.05) is 37.0 Å². The van der Waals surface area contributed by atoms with E-state index in [-0.39, 0.29) is 24.0 Å². The molecule has 7 heteroatoms. The maximum absolute atomic E-state index is 10.8. The van der Waals surface area contributed by atoms with Gasteiger partial charge >= 0.3 is 0 Å². The van der Waals surface area contributed by atoms with Crippen molar-refractivity contribution >= 4 is 41.7 Å². The predicted molar refractivity (Wildman–Crippen MR) is 135 cm³/mol. The number of aliphatic hydroxyl groups is 1. The second kappa shape index (κ2) is 11.8. The van der Waals surface area contributed by atoms with E-state index in [2.05, 4.69) is 66.6 Å². The zero-order chi connectivity index (χ0) is 20.0. The molecule has 164 valence electrons. The second-order valence-electron chi connectivity index (χ2n) is 8.12. The molecular formula is C22H37IN4OS. The summed E-state index contributed by atoms with van der Waals surface area (Å²) in [7, 11) is 0. The number of halogens is 1. The molecular weight excluding hydrogens is 495 g/mol. The van der Waals surface area contributed by atoms with E-state index >= 15 is 0 Å². The minimum atomic E-state index is -0.634. The summed E-state index contributed by atoms with van der Waals surface area (Å²) in [6.07, 6.45) is 3.07. The number of thioether (sulfide) groups is 1. The number of hydrogen-bond acceptors (Lipinski definition) is 4. The number of benzene rings is 1. The zero-order valence-electron chi connectivity index (χ0n) is 17.9. The number of aliphatic imine (C=N–C) groups is 1. The first kappa shape index (κ1) is 24.8. The zero-order valence-corrected chi connectivity index (χ0v) is 21.1. The molecule has 1 aromatic carbocycles. The van der Waals surface area contributed by atoms with Crippen LogP contribution in [0.5, 0.6) is 0 Å². The van der Waals surface area contributed by atoms with Crippen LogP contribution >= 0.6 is 35.7 Å². The Morgan fingerprint density at radius 3 is 2.69 bits per heavy atom. The summed E-state index contributed by atoms with van der Waals surface area (Å²) in [4.78, 5) is 7.28. The number of nitrogens with one attached hydrogen (secondary N) is 2. The number of likely N-dealkylation sites (tertiary alicyclic amines) is 1. The normalized spacial score (nSPS) is 29.8. The smallest absolute Gasteiger partial charge is 0.191 e. The molecule has 0 spiro atoms. The standard InChI is InChI=1S/C22H36N4OS.HI/c1-4-23-21(24-16-22(27)12-11-20(22)28-5-2)25-19-13-17(3)26(15-19)14-18-9-7-6-8-10-18;/h6-10,17,19-20,27H,4-5,11-16H2,1-3H3,(H2,23,24,25);1H. The molecule has 29 heavy (non-hydrogen) atoms. The third-order valence-electron chi connectivity index (χ3n) is 5.94. The SMILES string of the molecule is CCNC(=NCC1(O)CCC1SCC)NC1CC(C)N(Cc2ccccc2)C1.I. The Morgan fingerprint density at radius 2 is 2.07 bits per heavy atom. The minimum Gasteiger partial charge on any atom is -0.387 e. The highest BCUT2D eigenvalue weighted by Gasteiger charge is 2.45. The second-order valence-corrected chi connectivity index (χ2v) is 9.60. The molecule has 1 saturated heterocycles. The van der Waals surface area contributed by atoms with Crippen LogP contribution in [0, 0.1) is 0 Å². The van der Waals surface area contributed by atoms with Crippen LogP contribution < -0.4 is 10.6 Å². The maximum Gasteiger partial charge on any atom is 0.191 e. The van der Waals surface area contributed by atoms with Gasteiger partial charge in [0.25, 0.3) is 0 Å². The highest BCUT2D eigenvalue weighted by molar-refractivity contribution is 14.0. The van der Waals surface area contributed by atoms with Crippen LogP contribution in [-0.2, 0) is 6.54 Å². The Balaban J connectivity index is 0.00000300. The van der Waals surface area contributed by atoms with Gasteiger partial charge in [0.1, 0.15) is 0 Å². The van der Waals surface area contributed by atoms with Crippen molar-refractivity contribution in [1.29, 1.82) is 0 Å². The van der Waals surface area contributed by atoms with Gasteiger partial charge in [0.2, 0.25) is 0 Å². The Hall–Kier alpha value is -0.510. The van der Waals surface area contributed by atoms with Gasteiger partial charge in [-0.25, -0.2) is 0 Å². The fourth-order valence-electron chi connectivity index (χ4n) is 4.19. The van der Waals surface area contributed by atoms with Crippen molar-refractivity contribution in [1.82, 2.24) is 15.5 Å². The number of guanidine groups is 1. The molecule has 1 saturated carbocycles. The molecule has 3 rings (SSSR count). The van der Waals surface area contributed by atoms with E-state index in [0.717, 1.165) is 50.6 Å². The Labute approximate surface area is 197 Å². The van der Waals surface area contributed by atoms with Crippen molar-refractivity contribution in [3.05, 3.63) is 35.9 Å². The van der Waals surface area contributed by atoms with Crippen molar-refractivity contribution in [3.63, 3.8) is 0 Å². The molecule has 0 aromatic heterocycles. The van der Waals surface area contributed by atoms with Crippen LogP contribution in [0.4, 0.5) is 0 Å². The molecule has 2 aliphatic rings. The summed E-state index contributed by atoms with van der Waals surface area (Å²) in [5.74, 6) is 1.88. The van der Waals surface area contributed by atoms with Crippen LogP contribution in [0.15, 0.2) is 35.3 Å². The predicted octanol–water partition coefficient (Wildman–Crippen LogP) is 3.47. The van der Waals surface area contributed by atoms with Gasteiger partial charge in [-0.2, -0.15) is 11.8 Å². The number of rotatable bonds is 8. The number of hydrogen-bond donors (Lipinski definition) is 3. The van der Waals surface area contributed by atoms with Crippen molar-refractivity contribution in [3.8, 4) is 0 Å². The van der Waals surface area contributed by atoms with E-state index in [1.165, 1.54) is 5.56 Å². The largest absolute Gasteiger partial charge is 0.387 e. The Bertz CT molecular complexity index is 647. The van der Waals surface area contributed by atoms with E-state index in [0.29, 0.717) is 23.9 Å². The van der Waals surface area contributed by atoms with Gasteiger partial charge in [-0.15, -0.1) is 24.0 Å². The molecule has 5 nitrogen and oxygen atoms in total. The van der Waals surface area contributed by atoms with Crippen molar-refractivity contribution in [2.45, 2.75) is 69.5 Å². The van der Waals surface area contributed by atoms with Crippen LogP contribution in [0.3, 0.4) is 0 Å². The fraction of sp³-hybridized carbons (Fsp3) is 0.682. The molecule has 0 bridgehead atoms. The summed E-state index contributed by atoms with van der Waals surface area (Å²) in [5.41, 5.74) is 0.730. The van der Waals surface area contributed by atoms with E-state index in [1.807, 2.05) is 11.8 Å². The fourth-order valence-corrected chi connectivity index (χ4v) is 5.38. The summed E-state index contributed by atoms with van der Waals surface area (Å²) in [6.45, 7) is 9.86. The monoisotopic (exact) mass is 532 g/mol. The Kier molecular flexibility index (Phi) is 10.0. The van der Waals surface area contributed by atoms with Crippen molar-refractivity contribution < 1.29 is 5.11 Å². The van der Waals surface area contributed by atoms with Gasteiger partial charge < -0.3 is 15.7 Å². The average Bonchev–Trinajstić information content (AvgIpc) is 3.03. The van der Waals surface area contributed by atoms with Gasteiger partial charge in [-0.3, -0.25) is 9.89 Å². The molecule has 1 heterocycles. The molecule has 0 amide bonds. The van der Waals surface area contributed by atoms with E-state index in [1.54, 1.807) is 0 Å². The lowest BCUT2D eigenvalue weighted by atomic mass is 9.79. The summed E-state index contributed by atoms with van der Waals surface area (Å²) in [6, 6.07) is 11.6. The first-order valence-corrected chi connectivity index (χ1v) is 11.8. The lowest BCUT2D eigenvalue weighted by Crippen LogP contribution is -2.53. The van der Waals surface area contributed by atoms with Crippen LogP contribution in [-0.4, -0.2) is 64.3 Å². The lowest BCUT2D eigenvalue weighted by Gasteiger charge is -2.44. The minimum absolute atomic E-state index is 0. The van der Waals surface area contributed by atoms with Crippen LogP contribution in [0.1, 0.15) is 45.6 Å². The lowest BCUT2D eigenvalue weighted by molar-refractivity contribution is -0.0154. The summed E-state index contributed by atoms with van der Waals surface area (Å²) in [5, 5.41) is 18.1. The van der Waals surface area contributed by atoms with Crippen LogP contribution in [0.2, 0.25) is 0 Å². The van der Waals surface area contributed by atoms with E-state index in [9.17, 15) is 5.11 Å². The Morgan fingerprint density at radius 1 is 1.31 bits per heavy atom. The van der Waals surface area contributed by atoms with Crippen LogP contribution in [0.25, 0.3) is 0 Å². The maximum atomic E-state index is 10.8. The third kappa shape index (κ3) is 6.74.